The Hall–Kier alpha value is -2.20. The molecular weight excluding hydrogens is 315 g/mol. The normalized spacial score (nSPS) is 17.2. The molecule has 2 atom stereocenters. The number of nitrogens with zero attached hydrogens (tertiary/aromatic N) is 1. The molecule has 1 N–H and O–H groups in total. The predicted molar refractivity (Wildman–Crippen MR) is 97.8 cm³/mol. The standard InChI is InChI=1S/C21H25FN2O/c1-16(17-9-11-19(22)12-10-17)21(25)23-20(15-24-13-5-6-14-24)18-7-3-2-4-8-18/h2-4,7-12,16,20H,5-6,13-15H2,1H3,(H,23,25). The van der Waals surface area contributed by atoms with E-state index in [0.29, 0.717) is 0 Å². The SMILES string of the molecule is CC(C(=O)NC(CN1CCCC1)c1ccccc1)c1ccc(F)cc1. The molecule has 1 fully saturated rings. The summed E-state index contributed by atoms with van der Waals surface area (Å²) in [5.41, 5.74) is 1.95. The fourth-order valence-electron chi connectivity index (χ4n) is 3.34. The number of carbonyl (C=O) groups excluding carboxylic acids is 1. The minimum absolute atomic E-state index is 0.0281. The van der Waals surface area contributed by atoms with E-state index >= 15 is 0 Å². The third-order valence-electron chi connectivity index (χ3n) is 4.92. The highest BCUT2D eigenvalue weighted by molar-refractivity contribution is 5.83. The number of amides is 1. The Kier molecular flexibility index (Phi) is 5.82. The second kappa shape index (κ2) is 8.26. The van der Waals surface area contributed by atoms with Gasteiger partial charge >= 0.3 is 0 Å². The Labute approximate surface area is 148 Å². The average molecular weight is 340 g/mol. The minimum Gasteiger partial charge on any atom is -0.347 e. The summed E-state index contributed by atoms with van der Waals surface area (Å²) in [6, 6.07) is 16.2. The molecule has 0 spiro atoms. The second-order valence-electron chi connectivity index (χ2n) is 6.75. The highest BCUT2D eigenvalue weighted by atomic mass is 19.1. The number of halogens is 1. The van der Waals surface area contributed by atoms with Crippen molar-refractivity contribution >= 4 is 5.91 Å². The summed E-state index contributed by atoms with van der Waals surface area (Å²) in [5, 5.41) is 3.20. The van der Waals surface area contributed by atoms with Gasteiger partial charge in [0.05, 0.1) is 12.0 Å². The van der Waals surface area contributed by atoms with Crippen molar-refractivity contribution in [2.45, 2.75) is 31.7 Å². The lowest BCUT2D eigenvalue weighted by Gasteiger charge is -2.26. The number of nitrogens with one attached hydrogen (secondary N) is 1. The van der Waals surface area contributed by atoms with Crippen molar-refractivity contribution in [3.05, 3.63) is 71.5 Å². The summed E-state index contributed by atoms with van der Waals surface area (Å²) in [6.45, 7) is 4.87. The Bertz CT molecular complexity index is 681. The highest BCUT2D eigenvalue weighted by Gasteiger charge is 2.23. The van der Waals surface area contributed by atoms with Gasteiger partial charge in [0, 0.05) is 6.54 Å². The summed E-state index contributed by atoms with van der Waals surface area (Å²) in [4.78, 5) is 15.2. The Morgan fingerprint density at radius 3 is 2.32 bits per heavy atom. The summed E-state index contributed by atoms with van der Waals surface area (Å²) in [5.74, 6) is -0.627. The first-order chi connectivity index (χ1) is 12.1. The molecule has 0 aliphatic carbocycles. The van der Waals surface area contributed by atoms with E-state index in [1.807, 2.05) is 25.1 Å². The maximum atomic E-state index is 13.1. The van der Waals surface area contributed by atoms with Crippen LogP contribution in [-0.4, -0.2) is 30.4 Å². The van der Waals surface area contributed by atoms with E-state index in [9.17, 15) is 9.18 Å². The Morgan fingerprint density at radius 1 is 1.04 bits per heavy atom. The maximum absolute atomic E-state index is 13.1. The number of hydrogen-bond donors (Lipinski definition) is 1. The molecular formula is C21H25FN2O. The van der Waals surface area contributed by atoms with Crippen molar-refractivity contribution in [3.8, 4) is 0 Å². The van der Waals surface area contributed by atoms with Crippen LogP contribution < -0.4 is 5.32 Å². The van der Waals surface area contributed by atoms with Crippen LogP contribution in [0.2, 0.25) is 0 Å². The zero-order valence-corrected chi connectivity index (χ0v) is 14.6. The monoisotopic (exact) mass is 340 g/mol. The molecule has 0 bridgehead atoms. The van der Waals surface area contributed by atoms with Crippen LogP contribution in [0.4, 0.5) is 4.39 Å². The van der Waals surface area contributed by atoms with Gasteiger partial charge in [-0.3, -0.25) is 4.79 Å². The van der Waals surface area contributed by atoms with Gasteiger partial charge in [-0.25, -0.2) is 4.39 Å². The molecule has 132 valence electrons. The van der Waals surface area contributed by atoms with Gasteiger partial charge in [0.1, 0.15) is 5.82 Å². The van der Waals surface area contributed by atoms with Gasteiger partial charge in [-0.15, -0.1) is 0 Å². The van der Waals surface area contributed by atoms with Gasteiger partial charge in [-0.05, 0) is 56.1 Å². The molecule has 1 heterocycles. The van der Waals surface area contributed by atoms with E-state index in [4.69, 9.17) is 0 Å². The van der Waals surface area contributed by atoms with E-state index in [1.54, 1.807) is 12.1 Å². The molecule has 0 aromatic heterocycles. The number of hydrogen-bond acceptors (Lipinski definition) is 2. The number of rotatable bonds is 6. The quantitative estimate of drug-likeness (QED) is 0.865. The molecule has 4 heteroatoms. The summed E-state index contributed by atoms with van der Waals surface area (Å²) in [7, 11) is 0. The lowest BCUT2D eigenvalue weighted by molar-refractivity contribution is -0.123. The largest absolute Gasteiger partial charge is 0.347 e. The molecule has 3 nitrogen and oxygen atoms in total. The van der Waals surface area contributed by atoms with Gasteiger partial charge in [0.25, 0.3) is 0 Å². The maximum Gasteiger partial charge on any atom is 0.227 e. The molecule has 2 unspecified atom stereocenters. The van der Waals surface area contributed by atoms with Crippen molar-refractivity contribution in [1.82, 2.24) is 10.2 Å². The first kappa shape index (κ1) is 17.6. The van der Waals surface area contributed by atoms with Crippen LogP contribution in [0.1, 0.15) is 42.9 Å². The van der Waals surface area contributed by atoms with Gasteiger partial charge in [0.15, 0.2) is 0 Å². The zero-order chi connectivity index (χ0) is 17.6. The molecule has 0 saturated carbocycles. The molecule has 3 rings (SSSR count). The van der Waals surface area contributed by atoms with Crippen LogP contribution in [-0.2, 0) is 4.79 Å². The van der Waals surface area contributed by atoms with E-state index < -0.39 is 0 Å². The minimum atomic E-state index is -0.314. The lowest BCUT2D eigenvalue weighted by atomic mass is 9.99. The Morgan fingerprint density at radius 2 is 1.68 bits per heavy atom. The van der Waals surface area contributed by atoms with Crippen LogP contribution in [0, 0.1) is 5.82 Å². The number of benzene rings is 2. The van der Waals surface area contributed by atoms with Crippen molar-refractivity contribution in [2.75, 3.05) is 19.6 Å². The number of carbonyl (C=O) groups is 1. The molecule has 1 aliphatic rings. The van der Waals surface area contributed by atoms with Crippen molar-refractivity contribution in [3.63, 3.8) is 0 Å². The van der Waals surface area contributed by atoms with Gasteiger partial charge in [0.2, 0.25) is 5.91 Å². The van der Waals surface area contributed by atoms with Crippen molar-refractivity contribution in [2.24, 2.45) is 0 Å². The zero-order valence-electron chi connectivity index (χ0n) is 14.6. The summed E-state index contributed by atoms with van der Waals surface area (Å²) < 4.78 is 13.1. The molecule has 1 saturated heterocycles. The van der Waals surface area contributed by atoms with E-state index in [0.717, 1.165) is 30.8 Å². The second-order valence-corrected chi connectivity index (χ2v) is 6.75. The van der Waals surface area contributed by atoms with Gasteiger partial charge in [-0.2, -0.15) is 0 Å². The summed E-state index contributed by atoms with van der Waals surface area (Å²) in [6.07, 6.45) is 2.45. The number of likely N-dealkylation sites (tertiary alicyclic amines) is 1. The van der Waals surface area contributed by atoms with E-state index in [1.165, 1.54) is 25.0 Å². The van der Waals surface area contributed by atoms with E-state index in [-0.39, 0.29) is 23.7 Å². The van der Waals surface area contributed by atoms with E-state index in [2.05, 4.69) is 22.3 Å². The predicted octanol–water partition coefficient (Wildman–Crippen LogP) is 3.88. The van der Waals surface area contributed by atoms with Crippen LogP contribution in [0.5, 0.6) is 0 Å². The van der Waals surface area contributed by atoms with Crippen LogP contribution >= 0.6 is 0 Å². The van der Waals surface area contributed by atoms with Gasteiger partial charge < -0.3 is 10.2 Å². The van der Waals surface area contributed by atoms with Crippen molar-refractivity contribution < 1.29 is 9.18 Å². The fourth-order valence-corrected chi connectivity index (χ4v) is 3.34. The molecule has 1 aliphatic heterocycles. The lowest BCUT2D eigenvalue weighted by Crippen LogP contribution is -2.38. The first-order valence-electron chi connectivity index (χ1n) is 8.96. The van der Waals surface area contributed by atoms with Crippen LogP contribution in [0.25, 0.3) is 0 Å². The molecule has 0 radical (unpaired) electrons. The Balaban J connectivity index is 1.72. The third-order valence-corrected chi connectivity index (χ3v) is 4.92. The highest BCUT2D eigenvalue weighted by Crippen LogP contribution is 2.21. The van der Waals surface area contributed by atoms with Crippen LogP contribution in [0.3, 0.4) is 0 Å². The molecule has 25 heavy (non-hydrogen) atoms. The molecule has 2 aromatic carbocycles. The molecule has 1 amide bonds. The van der Waals surface area contributed by atoms with Crippen LogP contribution in [0.15, 0.2) is 54.6 Å². The molecule has 2 aromatic rings. The first-order valence-corrected chi connectivity index (χ1v) is 8.96. The fraction of sp³-hybridized carbons (Fsp3) is 0.381. The topological polar surface area (TPSA) is 32.3 Å². The smallest absolute Gasteiger partial charge is 0.227 e. The summed E-state index contributed by atoms with van der Waals surface area (Å²) >= 11 is 0. The third kappa shape index (κ3) is 4.67. The average Bonchev–Trinajstić information content (AvgIpc) is 3.15. The van der Waals surface area contributed by atoms with Gasteiger partial charge in [-0.1, -0.05) is 42.5 Å². The van der Waals surface area contributed by atoms with Crippen molar-refractivity contribution in [1.29, 1.82) is 0 Å².